The molecule has 1 atom stereocenters. The van der Waals surface area contributed by atoms with Crippen molar-refractivity contribution in [1.82, 2.24) is 5.32 Å². The van der Waals surface area contributed by atoms with Crippen LogP contribution >= 0.6 is 0 Å². The van der Waals surface area contributed by atoms with Gasteiger partial charge in [0.15, 0.2) is 11.6 Å². The fourth-order valence-electron chi connectivity index (χ4n) is 3.48. The van der Waals surface area contributed by atoms with Gasteiger partial charge in [0, 0.05) is 12.5 Å². The first-order chi connectivity index (χ1) is 12.0. The number of carboxylic acid groups (broad SMARTS) is 1. The van der Waals surface area contributed by atoms with E-state index in [2.05, 4.69) is 5.32 Å². The summed E-state index contributed by atoms with van der Waals surface area (Å²) in [5.41, 5.74) is -0.0803. The Morgan fingerprint density at radius 2 is 2.04 bits per heavy atom. The van der Waals surface area contributed by atoms with Crippen molar-refractivity contribution in [2.24, 2.45) is 5.92 Å². The van der Waals surface area contributed by atoms with E-state index in [-0.39, 0.29) is 23.8 Å². The summed E-state index contributed by atoms with van der Waals surface area (Å²) in [6, 6.07) is 4.15. The zero-order chi connectivity index (χ0) is 18.2. The molecule has 25 heavy (non-hydrogen) atoms. The van der Waals surface area contributed by atoms with Crippen molar-refractivity contribution >= 4 is 11.9 Å². The van der Waals surface area contributed by atoms with Crippen molar-refractivity contribution < 1.29 is 23.8 Å². The number of hydrogen-bond acceptors (Lipinski definition) is 3. The average Bonchev–Trinajstić information content (AvgIpc) is 2.60. The molecule has 6 heteroatoms. The molecular formula is C19H26FNO4. The maximum absolute atomic E-state index is 14.3. The van der Waals surface area contributed by atoms with Crippen molar-refractivity contribution in [3.05, 3.63) is 29.6 Å². The van der Waals surface area contributed by atoms with E-state index >= 15 is 0 Å². The predicted molar refractivity (Wildman–Crippen MR) is 92.3 cm³/mol. The van der Waals surface area contributed by atoms with Crippen molar-refractivity contribution in [1.29, 1.82) is 0 Å². The molecule has 1 aromatic rings. The van der Waals surface area contributed by atoms with E-state index in [9.17, 15) is 14.0 Å². The summed E-state index contributed by atoms with van der Waals surface area (Å²) in [7, 11) is 1.35. The Morgan fingerprint density at radius 3 is 2.68 bits per heavy atom. The summed E-state index contributed by atoms with van der Waals surface area (Å²) in [6.45, 7) is 0. The first-order valence-electron chi connectivity index (χ1n) is 8.86. The van der Waals surface area contributed by atoms with Crippen LogP contribution in [0.3, 0.4) is 0 Å². The Labute approximate surface area is 147 Å². The topological polar surface area (TPSA) is 75.6 Å². The van der Waals surface area contributed by atoms with Crippen LogP contribution < -0.4 is 10.1 Å². The second kappa shape index (κ2) is 9.39. The van der Waals surface area contributed by atoms with Gasteiger partial charge in [0.2, 0.25) is 0 Å². The van der Waals surface area contributed by atoms with E-state index in [0.717, 1.165) is 19.3 Å². The minimum atomic E-state index is -0.893. The van der Waals surface area contributed by atoms with Gasteiger partial charge in [0.05, 0.1) is 12.7 Å². The molecule has 1 aliphatic carbocycles. The zero-order valence-electron chi connectivity index (χ0n) is 14.6. The summed E-state index contributed by atoms with van der Waals surface area (Å²) in [5.74, 6) is -1.61. The van der Waals surface area contributed by atoms with Gasteiger partial charge >= 0.3 is 5.97 Å². The van der Waals surface area contributed by atoms with E-state index in [4.69, 9.17) is 9.84 Å². The van der Waals surface area contributed by atoms with Crippen molar-refractivity contribution in [3.8, 4) is 5.75 Å². The molecule has 1 amide bonds. The van der Waals surface area contributed by atoms with Gasteiger partial charge in [-0.25, -0.2) is 4.39 Å². The third-order valence-corrected chi connectivity index (χ3v) is 4.81. The van der Waals surface area contributed by atoms with Crippen LogP contribution in [0.2, 0.25) is 0 Å². The molecule has 138 valence electrons. The van der Waals surface area contributed by atoms with E-state index < -0.39 is 17.7 Å². The van der Waals surface area contributed by atoms with Gasteiger partial charge in [-0.15, -0.1) is 0 Å². The third kappa shape index (κ3) is 5.73. The Hall–Kier alpha value is -2.11. The standard InChI is InChI=1S/C19H26FNO4/c1-25-16-9-5-8-15(18(16)20)19(24)21-14(10-11-17(22)23)12-13-6-3-2-4-7-13/h5,8-9,13-14H,2-4,6-7,10-12H2,1H3,(H,21,24)(H,22,23). The van der Waals surface area contributed by atoms with Gasteiger partial charge in [-0.3, -0.25) is 9.59 Å². The maximum atomic E-state index is 14.3. The number of aliphatic carboxylic acids is 1. The second-order valence-corrected chi connectivity index (χ2v) is 6.66. The molecule has 1 saturated carbocycles. The van der Waals surface area contributed by atoms with Gasteiger partial charge < -0.3 is 15.2 Å². The number of nitrogens with one attached hydrogen (secondary N) is 1. The molecule has 0 aliphatic heterocycles. The van der Waals surface area contributed by atoms with Crippen LogP contribution in [0.5, 0.6) is 5.75 Å². The number of ether oxygens (including phenoxy) is 1. The predicted octanol–water partition coefficient (Wildman–Crippen LogP) is 3.77. The number of amides is 1. The van der Waals surface area contributed by atoms with E-state index in [1.165, 1.54) is 38.5 Å². The number of methoxy groups -OCH3 is 1. The fourth-order valence-corrected chi connectivity index (χ4v) is 3.48. The highest BCUT2D eigenvalue weighted by Gasteiger charge is 2.23. The molecule has 0 spiro atoms. The molecule has 0 saturated heterocycles. The average molecular weight is 351 g/mol. The first-order valence-corrected chi connectivity index (χ1v) is 8.86. The van der Waals surface area contributed by atoms with Crippen LogP contribution in [0.15, 0.2) is 18.2 Å². The Morgan fingerprint density at radius 1 is 1.32 bits per heavy atom. The van der Waals surface area contributed by atoms with Crippen LogP contribution in [0.4, 0.5) is 4.39 Å². The van der Waals surface area contributed by atoms with Crippen molar-refractivity contribution in [2.45, 2.75) is 57.4 Å². The minimum absolute atomic E-state index is 0.0156. The first kappa shape index (κ1) is 19.2. The van der Waals surface area contributed by atoms with Gasteiger partial charge in [-0.2, -0.15) is 0 Å². The zero-order valence-corrected chi connectivity index (χ0v) is 14.6. The highest BCUT2D eigenvalue weighted by atomic mass is 19.1. The minimum Gasteiger partial charge on any atom is -0.494 e. The molecule has 0 aromatic heterocycles. The Kier molecular flexibility index (Phi) is 7.22. The Bertz CT molecular complexity index is 599. The van der Waals surface area contributed by atoms with Crippen LogP contribution in [0.1, 0.15) is 61.7 Å². The SMILES string of the molecule is COc1cccc(C(=O)NC(CCC(=O)O)CC2CCCCC2)c1F. The smallest absolute Gasteiger partial charge is 0.303 e. The molecule has 1 aromatic carbocycles. The third-order valence-electron chi connectivity index (χ3n) is 4.81. The number of benzene rings is 1. The summed E-state index contributed by atoms with van der Waals surface area (Å²) in [6.07, 6.45) is 6.87. The molecule has 1 unspecified atom stereocenters. The highest BCUT2D eigenvalue weighted by molar-refractivity contribution is 5.95. The quantitative estimate of drug-likeness (QED) is 0.747. The monoisotopic (exact) mass is 351 g/mol. The molecule has 2 rings (SSSR count). The largest absolute Gasteiger partial charge is 0.494 e. The van der Waals surface area contributed by atoms with E-state index in [1.807, 2.05) is 0 Å². The molecule has 1 fully saturated rings. The number of carbonyl (C=O) groups excluding carboxylic acids is 1. The lowest BCUT2D eigenvalue weighted by molar-refractivity contribution is -0.137. The van der Waals surface area contributed by atoms with Gasteiger partial charge in [-0.1, -0.05) is 38.2 Å². The Balaban J connectivity index is 2.05. The summed E-state index contributed by atoms with van der Waals surface area (Å²) in [5, 5.41) is 11.8. The van der Waals surface area contributed by atoms with Gasteiger partial charge in [0.1, 0.15) is 0 Å². The normalized spacial score (nSPS) is 16.2. The number of carboxylic acids is 1. The van der Waals surface area contributed by atoms with Crippen LogP contribution in [0, 0.1) is 11.7 Å². The number of carbonyl (C=O) groups is 2. The lowest BCUT2D eigenvalue weighted by Crippen LogP contribution is -2.37. The highest BCUT2D eigenvalue weighted by Crippen LogP contribution is 2.28. The summed E-state index contributed by atoms with van der Waals surface area (Å²) >= 11 is 0. The molecule has 5 nitrogen and oxygen atoms in total. The van der Waals surface area contributed by atoms with Gasteiger partial charge in [-0.05, 0) is 30.9 Å². The van der Waals surface area contributed by atoms with Gasteiger partial charge in [0.25, 0.3) is 5.91 Å². The molecule has 0 radical (unpaired) electrons. The summed E-state index contributed by atoms with van der Waals surface area (Å²) < 4.78 is 19.2. The molecule has 0 heterocycles. The summed E-state index contributed by atoms with van der Waals surface area (Å²) in [4.78, 5) is 23.4. The van der Waals surface area contributed by atoms with Crippen molar-refractivity contribution in [2.75, 3.05) is 7.11 Å². The van der Waals surface area contributed by atoms with Crippen molar-refractivity contribution in [3.63, 3.8) is 0 Å². The molecule has 1 aliphatic rings. The number of halogens is 1. The number of hydrogen-bond donors (Lipinski definition) is 2. The second-order valence-electron chi connectivity index (χ2n) is 6.66. The van der Waals surface area contributed by atoms with Crippen LogP contribution in [0.25, 0.3) is 0 Å². The molecule has 2 N–H and O–H groups in total. The lowest BCUT2D eigenvalue weighted by Gasteiger charge is -2.27. The molecular weight excluding hydrogens is 325 g/mol. The van der Waals surface area contributed by atoms with Crippen LogP contribution in [-0.2, 0) is 4.79 Å². The van der Waals surface area contributed by atoms with E-state index in [1.54, 1.807) is 6.07 Å². The van der Waals surface area contributed by atoms with E-state index in [0.29, 0.717) is 12.3 Å². The number of rotatable bonds is 8. The molecule has 0 bridgehead atoms. The lowest BCUT2D eigenvalue weighted by atomic mass is 9.84. The fraction of sp³-hybridized carbons (Fsp3) is 0.579. The van der Waals surface area contributed by atoms with Crippen LogP contribution in [-0.4, -0.2) is 30.1 Å². The maximum Gasteiger partial charge on any atom is 0.303 e.